The molecule has 0 radical (unpaired) electrons. The molecule has 0 bridgehead atoms. The standard InChI is InChI=1S/C16H23N3O3/c1-12(16(21)17(2)3)18-9-10-19(15(20)11-18)13-5-7-14(22-4)8-6-13/h5-8,12H,9-11H2,1-4H3/t12-/m1/s1. The normalized spacial score (nSPS) is 17.3. The molecule has 0 spiro atoms. The van der Waals surface area contributed by atoms with Crippen molar-refractivity contribution >= 4 is 17.5 Å². The van der Waals surface area contributed by atoms with Crippen LogP contribution in [0.2, 0.25) is 0 Å². The number of anilines is 1. The van der Waals surface area contributed by atoms with E-state index >= 15 is 0 Å². The smallest absolute Gasteiger partial charge is 0.241 e. The fraction of sp³-hybridized carbons (Fsp3) is 0.500. The summed E-state index contributed by atoms with van der Waals surface area (Å²) in [5, 5.41) is 0. The number of hydrogen-bond donors (Lipinski definition) is 0. The topological polar surface area (TPSA) is 53.1 Å². The number of piperazine rings is 1. The number of ether oxygens (including phenoxy) is 1. The van der Waals surface area contributed by atoms with Crippen molar-refractivity contribution in [2.45, 2.75) is 13.0 Å². The highest BCUT2D eigenvalue weighted by Crippen LogP contribution is 2.21. The third-order valence-electron chi connectivity index (χ3n) is 3.98. The molecule has 0 N–H and O–H groups in total. The molecule has 22 heavy (non-hydrogen) atoms. The first-order chi connectivity index (χ1) is 10.4. The average molecular weight is 305 g/mol. The molecule has 1 atom stereocenters. The fourth-order valence-corrected chi connectivity index (χ4v) is 2.59. The van der Waals surface area contributed by atoms with Crippen molar-refractivity contribution in [1.82, 2.24) is 9.80 Å². The molecular formula is C16H23N3O3. The third kappa shape index (κ3) is 3.39. The van der Waals surface area contributed by atoms with Gasteiger partial charge in [0.15, 0.2) is 0 Å². The molecule has 0 aromatic heterocycles. The number of hydrogen-bond acceptors (Lipinski definition) is 4. The van der Waals surface area contributed by atoms with Crippen molar-refractivity contribution in [3.63, 3.8) is 0 Å². The van der Waals surface area contributed by atoms with Crippen LogP contribution in [0, 0.1) is 0 Å². The lowest BCUT2D eigenvalue weighted by Crippen LogP contribution is -2.56. The van der Waals surface area contributed by atoms with Gasteiger partial charge < -0.3 is 14.5 Å². The van der Waals surface area contributed by atoms with Gasteiger partial charge in [0.2, 0.25) is 11.8 Å². The van der Waals surface area contributed by atoms with Crippen LogP contribution in [0.25, 0.3) is 0 Å². The van der Waals surface area contributed by atoms with Gasteiger partial charge in [-0.05, 0) is 31.2 Å². The Morgan fingerprint density at radius 3 is 2.36 bits per heavy atom. The molecule has 0 unspecified atom stereocenters. The van der Waals surface area contributed by atoms with Crippen LogP contribution in [-0.2, 0) is 9.59 Å². The minimum Gasteiger partial charge on any atom is -0.497 e. The van der Waals surface area contributed by atoms with Crippen molar-refractivity contribution in [1.29, 1.82) is 0 Å². The molecule has 1 heterocycles. The Kier molecular flexibility index (Phi) is 5.03. The Labute approximate surface area is 131 Å². The summed E-state index contributed by atoms with van der Waals surface area (Å²) in [5.41, 5.74) is 0.858. The zero-order valence-electron chi connectivity index (χ0n) is 13.6. The van der Waals surface area contributed by atoms with E-state index in [1.165, 1.54) is 0 Å². The van der Waals surface area contributed by atoms with Gasteiger partial charge in [0.05, 0.1) is 19.7 Å². The number of amides is 2. The summed E-state index contributed by atoms with van der Waals surface area (Å²) in [6.07, 6.45) is 0. The molecule has 2 amide bonds. The maximum Gasteiger partial charge on any atom is 0.241 e. The summed E-state index contributed by atoms with van der Waals surface area (Å²) in [5.74, 6) is 0.792. The second-order valence-electron chi connectivity index (χ2n) is 5.62. The minimum absolute atomic E-state index is 0.00910. The van der Waals surface area contributed by atoms with E-state index in [0.29, 0.717) is 13.1 Å². The number of carbonyl (C=O) groups is 2. The van der Waals surface area contributed by atoms with E-state index in [1.807, 2.05) is 36.1 Å². The molecule has 1 saturated heterocycles. The molecule has 1 aliphatic heterocycles. The highest BCUT2D eigenvalue weighted by molar-refractivity contribution is 5.96. The van der Waals surface area contributed by atoms with Gasteiger partial charge in [-0.25, -0.2) is 0 Å². The highest BCUT2D eigenvalue weighted by Gasteiger charge is 2.31. The summed E-state index contributed by atoms with van der Waals surface area (Å²) < 4.78 is 5.13. The van der Waals surface area contributed by atoms with E-state index in [9.17, 15) is 9.59 Å². The molecule has 1 fully saturated rings. The van der Waals surface area contributed by atoms with E-state index < -0.39 is 0 Å². The van der Waals surface area contributed by atoms with E-state index in [4.69, 9.17) is 4.74 Å². The molecule has 6 nitrogen and oxygen atoms in total. The molecule has 6 heteroatoms. The fourth-order valence-electron chi connectivity index (χ4n) is 2.59. The second-order valence-corrected chi connectivity index (χ2v) is 5.62. The van der Waals surface area contributed by atoms with E-state index in [2.05, 4.69) is 0 Å². The van der Waals surface area contributed by atoms with Gasteiger partial charge in [0, 0.05) is 32.9 Å². The number of likely N-dealkylation sites (N-methyl/N-ethyl adjacent to an activating group) is 1. The van der Waals surface area contributed by atoms with E-state index in [0.717, 1.165) is 11.4 Å². The quantitative estimate of drug-likeness (QED) is 0.826. The van der Waals surface area contributed by atoms with Gasteiger partial charge in [-0.15, -0.1) is 0 Å². The van der Waals surface area contributed by atoms with Crippen LogP contribution in [0.4, 0.5) is 5.69 Å². The van der Waals surface area contributed by atoms with Crippen molar-refractivity contribution in [3.8, 4) is 5.75 Å². The van der Waals surface area contributed by atoms with Crippen molar-refractivity contribution in [3.05, 3.63) is 24.3 Å². The van der Waals surface area contributed by atoms with Crippen molar-refractivity contribution in [2.75, 3.05) is 45.7 Å². The first-order valence-corrected chi connectivity index (χ1v) is 7.33. The number of nitrogens with zero attached hydrogens (tertiary/aromatic N) is 3. The maximum atomic E-state index is 12.4. The second kappa shape index (κ2) is 6.79. The average Bonchev–Trinajstić information content (AvgIpc) is 2.53. The summed E-state index contributed by atoms with van der Waals surface area (Å²) in [6, 6.07) is 7.15. The molecule has 120 valence electrons. The number of benzene rings is 1. The van der Waals surface area contributed by atoms with Gasteiger partial charge >= 0.3 is 0 Å². The predicted octanol–water partition coefficient (Wildman–Crippen LogP) is 0.820. The lowest BCUT2D eigenvalue weighted by molar-refractivity contribution is -0.135. The van der Waals surface area contributed by atoms with Crippen LogP contribution >= 0.6 is 0 Å². The Hall–Kier alpha value is -2.08. The maximum absolute atomic E-state index is 12.4. The highest BCUT2D eigenvalue weighted by atomic mass is 16.5. The van der Waals surface area contributed by atoms with Crippen LogP contribution in [0.5, 0.6) is 5.75 Å². The Balaban J connectivity index is 2.03. The first kappa shape index (κ1) is 16.3. The predicted molar refractivity (Wildman–Crippen MR) is 85.1 cm³/mol. The summed E-state index contributed by atoms with van der Waals surface area (Å²) in [4.78, 5) is 29.6. The molecule has 0 aliphatic carbocycles. The largest absolute Gasteiger partial charge is 0.497 e. The lowest BCUT2D eigenvalue weighted by atomic mass is 10.2. The molecule has 1 aromatic carbocycles. The monoisotopic (exact) mass is 305 g/mol. The van der Waals surface area contributed by atoms with Crippen LogP contribution < -0.4 is 9.64 Å². The van der Waals surface area contributed by atoms with Gasteiger partial charge in [-0.2, -0.15) is 0 Å². The first-order valence-electron chi connectivity index (χ1n) is 7.33. The SMILES string of the molecule is COc1ccc(N2CCN([C@H](C)C(=O)N(C)C)CC2=O)cc1. The summed E-state index contributed by atoms with van der Waals surface area (Å²) >= 11 is 0. The summed E-state index contributed by atoms with van der Waals surface area (Å²) in [6.45, 7) is 3.36. The molecule has 1 aliphatic rings. The Morgan fingerprint density at radius 2 is 1.86 bits per heavy atom. The van der Waals surface area contributed by atoms with Crippen LogP contribution in [0.15, 0.2) is 24.3 Å². The lowest BCUT2D eigenvalue weighted by Gasteiger charge is -2.37. The number of rotatable bonds is 4. The molecule has 2 rings (SSSR count). The zero-order chi connectivity index (χ0) is 16.3. The number of carbonyl (C=O) groups excluding carboxylic acids is 2. The number of methoxy groups -OCH3 is 1. The molecular weight excluding hydrogens is 282 g/mol. The van der Waals surface area contributed by atoms with E-state index in [-0.39, 0.29) is 24.4 Å². The van der Waals surface area contributed by atoms with E-state index in [1.54, 1.807) is 31.0 Å². The third-order valence-corrected chi connectivity index (χ3v) is 3.98. The van der Waals surface area contributed by atoms with Gasteiger partial charge in [0.1, 0.15) is 5.75 Å². The molecule has 0 saturated carbocycles. The zero-order valence-corrected chi connectivity index (χ0v) is 13.6. The van der Waals surface area contributed by atoms with Crippen molar-refractivity contribution < 1.29 is 14.3 Å². The van der Waals surface area contributed by atoms with Crippen LogP contribution in [-0.4, -0.2) is 68.5 Å². The Morgan fingerprint density at radius 1 is 1.23 bits per heavy atom. The van der Waals surface area contributed by atoms with Gasteiger partial charge in [-0.1, -0.05) is 0 Å². The summed E-state index contributed by atoms with van der Waals surface area (Å²) in [7, 11) is 5.07. The van der Waals surface area contributed by atoms with Crippen LogP contribution in [0.3, 0.4) is 0 Å². The van der Waals surface area contributed by atoms with Gasteiger partial charge in [-0.3, -0.25) is 14.5 Å². The minimum atomic E-state index is -0.281. The molecule has 1 aromatic rings. The van der Waals surface area contributed by atoms with Crippen molar-refractivity contribution in [2.24, 2.45) is 0 Å². The Bertz CT molecular complexity index is 542. The van der Waals surface area contributed by atoms with Gasteiger partial charge in [0.25, 0.3) is 0 Å². The van der Waals surface area contributed by atoms with Crippen LogP contribution in [0.1, 0.15) is 6.92 Å².